The molecule has 2 saturated carbocycles. The monoisotopic (exact) mass is 420 g/mol. The third kappa shape index (κ3) is 7.49. The summed E-state index contributed by atoms with van der Waals surface area (Å²) in [6, 6.07) is 0.901. The number of aliphatic hydroxyl groups excluding tert-OH is 1. The number of aldehydes is 2. The van der Waals surface area contributed by atoms with Gasteiger partial charge in [0, 0.05) is 30.0 Å². The van der Waals surface area contributed by atoms with Crippen LogP contribution < -0.4 is 5.73 Å². The van der Waals surface area contributed by atoms with Crippen LogP contribution in [0.15, 0.2) is 12.3 Å². The zero-order chi connectivity index (χ0) is 21.7. The number of allylic oxidation sites excluding steroid dienone is 1. The third-order valence-corrected chi connectivity index (χ3v) is 7.41. The van der Waals surface area contributed by atoms with E-state index in [-0.39, 0.29) is 12.1 Å². The van der Waals surface area contributed by atoms with Crippen LogP contribution >= 0.6 is 0 Å². The minimum atomic E-state index is -0.224. The van der Waals surface area contributed by atoms with Crippen molar-refractivity contribution in [3.63, 3.8) is 0 Å². The number of carbonyl (C=O) groups is 2. The van der Waals surface area contributed by atoms with Crippen molar-refractivity contribution in [2.24, 2.45) is 5.73 Å². The fraction of sp³-hybridized carbons (Fsp3) is 0.840. The molecule has 1 saturated heterocycles. The van der Waals surface area contributed by atoms with E-state index in [1.54, 1.807) is 0 Å². The molecule has 0 aromatic rings. The summed E-state index contributed by atoms with van der Waals surface area (Å²) in [5.74, 6) is 0. The summed E-state index contributed by atoms with van der Waals surface area (Å²) in [6.45, 7) is 0.160. The van der Waals surface area contributed by atoms with Crippen LogP contribution in [0, 0.1) is 0 Å². The van der Waals surface area contributed by atoms with E-state index in [0.29, 0.717) is 24.8 Å². The molecule has 30 heavy (non-hydrogen) atoms. The maximum Gasteiger partial charge on any atom is 0.120 e. The summed E-state index contributed by atoms with van der Waals surface area (Å²) in [6.07, 6.45) is 26.9. The minimum Gasteiger partial charge on any atom is -0.394 e. The van der Waals surface area contributed by atoms with Gasteiger partial charge in [-0.05, 0) is 64.0 Å². The Morgan fingerprint density at radius 3 is 2.03 bits per heavy atom. The largest absolute Gasteiger partial charge is 0.394 e. The summed E-state index contributed by atoms with van der Waals surface area (Å²) in [4.78, 5) is 21.9. The van der Waals surface area contributed by atoms with E-state index < -0.39 is 0 Å². The fourth-order valence-electron chi connectivity index (χ4n) is 5.55. The number of hydrogen-bond donors (Lipinski definition) is 2. The average molecular weight is 421 g/mol. The van der Waals surface area contributed by atoms with Crippen LogP contribution in [0.1, 0.15) is 109 Å². The Labute approximate surface area is 183 Å². The Morgan fingerprint density at radius 2 is 1.50 bits per heavy atom. The molecule has 2 aliphatic heterocycles. The van der Waals surface area contributed by atoms with E-state index >= 15 is 0 Å². The summed E-state index contributed by atoms with van der Waals surface area (Å²) in [5.41, 5.74) is 6.20. The van der Waals surface area contributed by atoms with Crippen molar-refractivity contribution in [3.05, 3.63) is 12.3 Å². The van der Waals surface area contributed by atoms with Gasteiger partial charge in [-0.3, -0.25) is 0 Å². The van der Waals surface area contributed by atoms with Gasteiger partial charge in [-0.25, -0.2) is 0 Å². The van der Waals surface area contributed by atoms with Gasteiger partial charge in [0.05, 0.1) is 6.61 Å². The first-order valence-corrected chi connectivity index (χ1v) is 12.3. The molecule has 3 N–H and O–H groups in total. The molecule has 1 unspecified atom stereocenters. The second kappa shape index (κ2) is 13.3. The molecule has 3 fully saturated rings. The molecule has 0 radical (unpaired) electrons. The van der Waals surface area contributed by atoms with E-state index in [9.17, 15) is 9.59 Å². The molecule has 4 aliphatic rings. The van der Waals surface area contributed by atoms with Gasteiger partial charge in [0.15, 0.2) is 0 Å². The number of nitrogens with two attached hydrogens (primary N) is 1. The lowest BCUT2D eigenvalue weighted by Crippen LogP contribution is -2.46. The molecule has 172 valence electrons. The molecule has 5 nitrogen and oxygen atoms in total. The molecule has 2 heterocycles. The maximum atomic E-state index is 9.56. The highest BCUT2D eigenvalue weighted by molar-refractivity contribution is 5.52. The molecule has 0 amide bonds. The number of fused-ring (bicyclic) bond motifs is 2. The van der Waals surface area contributed by atoms with E-state index in [0.717, 1.165) is 31.5 Å². The normalized spacial score (nSPS) is 25.9. The summed E-state index contributed by atoms with van der Waals surface area (Å²) in [5, 5.41) is 8.83. The van der Waals surface area contributed by atoms with Gasteiger partial charge < -0.3 is 25.3 Å². The molecule has 0 bridgehead atoms. The van der Waals surface area contributed by atoms with Crippen LogP contribution in [-0.4, -0.2) is 46.3 Å². The molecule has 1 atom stereocenters. The maximum absolute atomic E-state index is 9.56. The van der Waals surface area contributed by atoms with Crippen LogP contribution in [0.2, 0.25) is 0 Å². The standard InChI is InChI=1S/C13H21N.C7H15NO.C5H8O2/c1-3-8-13(9-4-1)10-7-12-6-2-5-11-14(12)13;8-7(6-9)4-2-1-3-5-7;6-4-2-1-3-5-7/h5,11-12H,1-4,6-10H2;9H,1-6,8H2;4-5H,1-3H2. The number of nitrogens with zero attached hydrogens (tertiary/aromatic N) is 1. The fourth-order valence-corrected chi connectivity index (χ4v) is 5.55. The predicted octanol–water partition coefficient (Wildman–Crippen LogP) is 4.66. The Kier molecular flexibility index (Phi) is 11.1. The Hall–Kier alpha value is -1.20. The quantitative estimate of drug-likeness (QED) is 0.499. The SMILES string of the molecule is C1=CN2C(CC1)CCC21CCCCC1.NC1(CO)CCCCC1.O=CCCCC=O. The molecule has 4 rings (SSSR count). The van der Waals surface area contributed by atoms with Crippen molar-refractivity contribution < 1.29 is 14.7 Å². The Balaban J connectivity index is 0.000000175. The van der Waals surface area contributed by atoms with E-state index in [1.165, 1.54) is 77.0 Å². The van der Waals surface area contributed by atoms with Crippen LogP contribution in [0.5, 0.6) is 0 Å². The summed E-state index contributed by atoms with van der Waals surface area (Å²) < 4.78 is 0. The lowest BCUT2D eigenvalue weighted by molar-refractivity contribution is -0.108. The molecular weight excluding hydrogens is 376 g/mol. The van der Waals surface area contributed by atoms with Crippen LogP contribution in [-0.2, 0) is 9.59 Å². The van der Waals surface area contributed by atoms with Crippen molar-refractivity contribution in [3.8, 4) is 0 Å². The lowest BCUT2D eigenvalue weighted by atomic mass is 9.80. The lowest BCUT2D eigenvalue weighted by Gasteiger charge is -2.44. The molecule has 2 aliphatic carbocycles. The number of carbonyl (C=O) groups excluding carboxylic acids is 2. The van der Waals surface area contributed by atoms with Gasteiger partial charge in [0.2, 0.25) is 0 Å². The first-order valence-electron chi connectivity index (χ1n) is 12.3. The van der Waals surface area contributed by atoms with Crippen molar-refractivity contribution in [1.29, 1.82) is 0 Å². The second-order valence-electron chi connectivity index (χ2n) is 9.69. The minimum absolute atomic E-state index is 0.160. The Morgan fingerprint density at radius 1 is 0.900 bits per heavy atom. The number of hydrogen-bond acceptors (Lipinski definition) is 5. The van der Waals surface area contributed by atoms with Crippen molar-refractivity contribution >= 4 is 12.6 Å². The van der Waals surface area contributed by atoms with Crippen molar-refractivity contribution in [1.82, 2.24) is 4.90 Å². The number of unbranched alkanes of at least 4 members (excludes halogenated alkanes) is 2. The second-order valence-corrected chi connectivity index (χ2v) is 9.69. The van der Waals surface area contributed by atoms with Crippen LogP contribution in [0.25, 0.3) is 0 Å². The first-order chi connectivity index (χ1) is 14.6. The average Bonchev–Trinajstić information content (AvgIpc) is 3.14. The van der Waals surface area contributed by atoms with E-state index in [4.69, 9.17) is 10.8 Å². The van der Waals surface area contributed by atoms with E-state index in [1.807, 2.05) is 0 Å². The van der Waals surface area contributed by atoms with Crippen LogP contribution in [0.3, 0.4) is 0 Å². The summed E-state index contributed by atoms with van der Waals surface area (Å²) >= 11 is 0. The third-order valence-electron chi connectivity index (χ3n) is 7.41. The van der Waals surface area contributed by atoms with E-state index in [2.05, 4.69) is 17.2 Å². The molecular formula is C25H44N2O3. The van der Waals surface area contributed by atoms with Gasteiger partial charge >= 0.3 is 0 Å². The van der Waals surface area contributed by atoms with Gasteiger partial charge in [-0.2, -0.15) is 0 Å². The van der Waals surface area contributed by atoms with Crippen molar-refractivity contribution in [2.75, 3.05) is 6.61 Å². The van der Waals surface area contributed by atoms with Crippen molar-refractivity contribution in [2.45, 2.75) is 126 Å². The topological polar surface area (TPSA) is 83.6 Å². The smallest absolute Gasteiger partial charge is 0.120 e. The summed E-state index contributed by atoms with van der Waals surface area (Å²) in [7, 11) is 0. The number of rotatable bonds is 5. The molecule has 0 aromatic carbocycles. The zero-order valence-electron chi connectivity index (χ0n) is 18.9. The zero-order valence-corrected chi connectivity index (χ0v) is 18.9. The molecule has 5 heteroatoms. The highest BCUT2D eigenvalue weighted by Crippen LogP contribution is 2.46. The van der Waals surface area contributed by atoms with Crippen LogP contribution in [0.4, 0.5) is 0 Å². The van der Waals surface area contributed by atoms with Gasteiger partial charge in [0.1, 0.15) is 12.6 Å². The molecule has 0 aromatic heterocycles. The number of aliphatic hydroxyl groups is 1. The predicted molar refractivity (Wildman–Crippen MR) is 122 cm³/mol. The van der Waals surface area contributed by atoms with Gasteiger partial charge in [-0.15, -0.1) is 0 Å². The highest BCUT2D eigenvalue weighted by atomic mass is 16.3. The van der Waals surface area contributed by atoms with Gasteiger partial charge in [0.25, 0.3) is 0 Å². The highest BCUT2D eigenvalue weighted by Gasteiger charge is 2.45. The Bertz CT molecular complexity index is 514. The van der Waals surface area contributed by atoms with Gasteiger partial charge in [-0.1, -0.05) is 44.6 Å². The molecule has 1 spiro atoms. The first kappa shape index (κ1) is 25.1.